The van der Waals surface area contributed by atoms with Gasteiger partial charge in [-0.25, -0.2) is 14.2 Å². The lowest BCUT2D eigenvalue weighted by Crippen LogP contribution is -2.22. The van der Waals surface area contributed by atoms with E-state index in [1.165, 1.54) is 22.6 Å². The van der Waals surface area contributed by atoms with Crippen LogP contribution in [0.5, 0.6) is 5.75 Å². The van der Waals surface area contributed by atoms with Gasteiger partial charge in [-0.3, -0.25) is 9.20 Å². The van der Waals surface area contributed by atoms with Crippen molar-refractivity contribution in [3.63, 3.8) is 0 Å². The monoisotopic (exact) mass is 452 g/mol. The van der Waals surface area contributed by atoms with Crippen LogP contribution in [0.4, 0.5) is 4.39 Å². The summed E-state index contributed by atoms with van der Waals surface area (Å²) in [6, 6.07) is 17.4. The van der Waals surface area contributed by atoms with Crippen molar-refractivity contribution in [3.05, 3.63) is 111 Å². The minimum atomic E-state index is -1.12. The first-order valence-corrected chi connectivity index (χ1v) is 10.1. The number of hydrogen-bond acceptors (Lipinski definition) is 5. The molecule has 4 aromatic rings. The summed E-state index contributed by atoms with van der Waals surface area (Å²) in [5, 5.41) is -0.126. The highest BCUT2D eigenvalue weighted by Crippen LogP contribution is 2.27. The first kappa shape index (κ1) is 21.5. The van der Waals surface area contributed by atoms with E-state index in [0.29, 0.717) is 16.9 Å². The van der Waals surface area contributed by atoms with Gasteiger partial charge in [0.15, 0.2) is 0 Å². The maximum Gasteiger partial charge on any atom is 0.352 e. The van der Waals surface area contributed by atoms with E-state index in [4.69, 9.17) is 21.1 Å². The van der Waals surface area contributed by atoms with Gasteiger partial charge in [0.2, 0.25) is 6.10 Å². The standard InChI is InChI=1S/C24H18ClFN2O4/c1-15-7-10-21-27-17(11-22(29)28(21)13-15)14-31-24(30)23(16-5-3-2-4-6-16)32-18-8-9-20(26)19(25)12-18/h2-13,23H,14H2,1H3. The van der Waals surface area contributed by atoms with Crippen LogP contribution in [-0.2, 0) is 16.1 Å². The smallest absolute Gasteiger partial charge is 0.352 e. The summed E-state index contributed by atoms with van der Waals surface area (Å²) in [5.74, 6) is -1.08. The van der Waals surface area contributed by atoms with Crippen molar-refractivity contribution >= 4 is 23.2 Å². The van der Waals surface area contributed by atoms with Crippen molar-refractivity contribution in [3.8, 4) is 5.75 Å². The second kappa shape index (κ2) is 9.20. The van der Waals surface area contributed by atoms with E-state index in [-0.39, 0.29) is 22.9 Å². The SMILES string of the molecule is Cc1ccc2nc(COC(=O)C(Oc3ccc(F)c(Cl)c3)c3ccccc3)cc(=O)n2c1. The minimum absolute atomic E-state index is 0.126. The molecule has 0 aliphatic carbocycles. The summed E-state index contributed by atoms with van der Waals surface area (Å²) in [6.45, 7) is 1.66. The second-order valence-corrected chi connectivity index (χ2v) is 7.52. The predicted octanol–water partition coefficient (Wildman–Crippen LogP) is 4.66. The molecule has 0 aliphatic heterocycles. The molecule has 1 unspecified atom stereocenters. The Morgan fingerprint density at radius 3 is 2.66 bits per heavy atom. The highest BCUT2D eigenvalue weighted by atomic mass is 35.5. The number of nitrogens with zero attached hydrogens (tertiary/aromatic N) is 2. The summed E-state index contributed by atoms with van der Waals surface area (Å²) in [7, 11) is 0. The van der Waals surface area contributed by atoms with E-state index < -0.39 is 17.9 Å². The molecule has 2 aromatic heterocycles. The largest absolute Gasteiger partial charge is 0.474 e. The van der Waals surface area contributed by atoms with E-state index in [1.807, 2.05) is 13.0 Å². The molecule has 0 aliphatic rings. The van der Waals surface area contributed by atoms with Crippen LogP contribution < -0.4 is 10.3 Å². The van der Waals surface area contributed by atoms with Gasteiger partial charge in [0.25, 0.3) is 5.56 Å². The average Bonchev–Trinajstić information content (AvgIpc) is 2.79. The second-order valence-electron chi connectivity index (χ2n) is 7.11. The van der Waals surface area contributed by atoms with E-state index in [9.17, 15) is 14.0 Å². The number of hydrogen-bond donors (Lipinski definition) is 0. The number of carbonyl (C=O) groups excluding carboxylic acids is 1. The van der Waals surface area contributed by atoms with Crippen LogP contribution in [0, 0.1) is 12.7 Å². The number of esters is 1. The van der Waals surface area contributed by atoms with E-state index in [0.717, 1.165) is 11.6 Å². The van der Waals surface area contributed by atoms with Gasteiger partial charge in [0.05, 0.1) is 10.7 Å². The predicted molar refractivity (Wildman–Crippen MR) is 117 cm³/mol. The molecule has 0 saturated heterocycles. The van der Waals surface area contributed by atoms with Crippen molar-refractivity contribution in [2.24, 2.45) is 0 Å². The first-order valence-electron chi connectivity index (χ1n) is 9.73. The van der Waals surface area contributed by atoms with Crippen LogP contribution in [0.1, 0.15) is 22.9 Å². The molecule has 32 heavy (non-hydrogen) atoms. The minimum Gasteiger partial charge on any atom is -0.474 e. The number of ether oxygens (including phenoxy) is 2. The van der Waals surface area contributed by atoms with Gasteiger partial charge in [-0.2, -0.15) is 0 Å². The molecule has 0 N–H and O–H groups in total. The molecular formula is C24H18ClFN2O4. The fraction of sp³-hybridized carbons (Fsp3) is 0.125. The van der Waals surface area contributed by atoms with Crippen LogP contribution in [0.3, 0.4) is 0 Å². The Kier molecular flexibility index (Phi) is 6.18. The van der Waals surface area contributed by atoms with Crippen molar-refractivity contribution in [2.75, 3.05) is 0 Å². The number of aromatic nitrogens is 2. The summed E-state index contributed by atoms with van der Waals surface area (Å²) in [6.07, 6.45) is 0.565. The Morgan fingerprint density at radius 2 is 1.91 bits per heavy atom. The Morgan fingerprint density at radius 1 is 1.12 bits per heavy atom. The molecule has 8 heteroatoms. The van der Waals surface area contributed by atoms with Gasteiger partial charge < -0.3 is 9.47 Å². The molecule has 0 spiro atoms. The van der Waals surface area contributed by atoms with Crippen LogP contribution in [0.15, 0.2) is 77.7 Å². The zero-order valence-corrected chi connectivity index (χ0v) is 17.8. The van der Waals surface area contributed by atoms with Crippen LogP contribution in [0.2, 0.25) is 5.02 Å². The molecule has 1 atom stereocenters. The Hall–Kier alpha value is -3.71. The van der Waals surface area contributed by atoms with Crippen molar-refractivity contribution < 1.29 is 18.7 Å². The summed E-state index contributed by atoms with van der Waals surface area (Å²) in [5.41, 5.74) is 1.95. The molecule has 0 amide bonds. The maximum atomic E-state index is 13.5. The lowest BCUT2D eigenvalue weighted by molar-refractivity contribution is -0.153. The van der Waals surface area contributed by atoms with Crippen LogP contribution in [0.25, 0.3) is 5.65 Å². The third kappa shape index (κ3) is 4.78. The molecule has 0 radical (unpaired) electrons. The molecule has 0 fully saturated rings. The third-order valence-electron chi connectivity index (χ3n) is 4.68. The lowest BCUT2D eigenvalue weighted by Gasteiger charge is -2.18. The van der Waals surface area contributed by atoms with Gasteiger partial charge >= 0.3 is 5.97 Å². The average molecular weight is 453 g/mol. The number of aryl methyl sites for hydroxylation is 1. The van der Waals surface area contributed by atoms with Crippen molar-refractivity contribution in [1.82, 2.24) is 9.38 Å². The molecule has 2 heterocycles. The number of rotatable bonds is 6. The maximum absolute atomic E-state index is 13.5. The van der Waals surface area contributed by atoms with Crippen LogP contribution >= 0.6 is 11.6 Å². The quantitative estimate of drug-likeness (QED) is 0.398. The van der Waals surface area contributed by atoms with Gasteiger partial charge in [-0.1, -0.05) is 48.0 Å². The third-order valence-corrected chi connectivity index (χ3v) is 4.97. The number of benzene rings is 2. The van der Waals surface area contributed by atoms with Gasteiger partial charge in [-0.15, -0.1) is 0 Å². The van der Waals surface area contributed by atoms with Gasteiger partial charge in [0.1, 0.15) is 23.8 Å². The van der Waals surface area contributed by atoms with E-state index in [1.54, 1.807) is 42.6 Å². The molecule has 2 aromatic carbocycles. The number of carbonyl (C=O) groups is 1. The molecule has 0 bridgehead atoms. The van der Waals surface area contributed by atoms with E-state index >= 15 is 0 Å². The normalized spacial score (nSPS) is 11.8. The highest BCUT2D eigenvalue weighted by molar-refractivity contribution is 6.30. The first-order chi connectivity index (χ1) is 15.4. The van der Waals surface area contributed by atoms with Gasteiger partial charge in [-0.05, 0) is 30.7 Å². The molecular weight excluding hydrogens is 435 g/mol. The molecule has 4 rings (SSSR count). The number of halogens is 2. The Labute approximate surface area is 187 Å². The molecule has 162 valence electrons. The zero-order valence-electron chi connectivity index (χ0n) is 17.0. The molecule has 6 nitrogen and oxygen atoms in total. The number of fused-ring (bicyclic) bond motifs is 1. The summed E-state index contributed by atoms with van der Waals surface area (Å²) in [4.78, 5) is 29.6. The van der Waals surface area contributed by atoms with Crippen molar-refractivity contribution in [1.29, 1.82) is 0 Å². The summed E-state index contributed by atoms with van der Waals surface area (Å²) >= 11 is 5.83. The lowest BCUT2D eigenvalue weighted by atomic mass is 10.1. The van der Waals surface area contributed by atoms with Crippen molar-refractivity contribution in [2.45, 2.75) is 19.6 Å². The zero-order chi connectivity index (χ0) is 22.7. The van der Waals surface area contributed by atoms with Crippen LogP contribution in [-0.4, -0.2) is 15.4 Å². The Bertz CT molecular complexity index is 1340. The fourth-order valence-electron chi connectivity index (χ4n) is 3.12. The summed E-state index contributed by atoms with van der Waals surface area (Å²) < 4.78 is 26.1. The highest BCUT2D eigenvalue weighted by Gasteiger charge is 2.25. The Balaban J connectivity index is 1.56. The van der Waals surface area contributed by atoms with E-state index in [2.05, 4.69) is 4.98 Å². The fourth-order valence-corrected chi connectivity index (χ4v) is 3.29. The van der Waals surface area contributed by atoms with Gasteiger partial charge in [0, 0.05) is 23.9 Å². The molecule has 0 saturated carbocycles. The topological polar surface area (TPSA) is 69.9 Å². The number of pyridine rings is 1.